The Morgan fingerprint density at radius 1 is 0.968 bits per heavy atom. The molecule has 0 bridgehead atoms. The number of anilines is 2. The van der Waals surface area contributed by atoms with Crippen LogP contribution in [0.25, 0.3) is 0 Å². The van der Waals surface area contributed by atoms with Crippen molar-refractivity contribution in [1.29, 1.82) is 0 Å². The van der Waals surface area contributed by atoms with Gasteiger partial charge in [-0.25, -0.2) is 8.42 Å². The van der Waals surface area contributed by atoms with Crippen molar-refractivity contribution in [3.8, 4) is 0 Å². The molecule has 4 rings (SSSR count). The molecule has 0 spiro atoms. The first-order valence-electron chi connectivity index (χ1n) is 10.5. The van der Waals surface area contributed by atoms with Crippen molar-refractivity contribution in [3.63, 3.8) is 0 Å². The molecule has 31 heavy (non-hydrogen) atoms. The molecule has 1 aliphatic heterocycles. The number of para-hydroxylation sites is 2. The molecular weight excluding hydrogens is 408 g/mol. The fourth-order valence-corrected chi connectivity index (χ4v) is 5.43. The summed E-state index contributed by atoms with van der Waals surface area (Å²) in [7, 11) is -3.61. The Labute approximate surface area is 183 Å². The van der Waals surface area contributed by atoms with E-state index >= 15 is 0 Å². The summed E-state index contributed by atoms with van der Waals surface area (Å²) in [6.07, 6.45) is 2.58. The normalized spacial score (nSPS) is 13.5. The fourth-order valence-electron chi connectivity index (χ4n) is 3.89. The van der Waals surface area contributed by atoms with Gasteiger partial charge in [-0.3, -0.25) is 9.10 Å². The van der Waals surface area contributed by atoms with Crippen molar-refractivity contribution in [2.75, 3.05) is 16.2 Å². The van der Waals surface area contributed by atoms with Gasteiger partial charge in [0.05, 0.1) is 10.6 Å². The molecule has 1 amide bonds. The minimum atomic E-state index is -3.61. The van der Waals surface area contributed by atoms with Crippen LogP contribution in [0, 0.1) is 6.92 Å². The van der Waals surface area contributed by atoms with E-state index in [0.29, 0.717) is 19.4 Å². The Morgan fingerprint density at radius 3 is 2.45 bits per heavy atom. The highest BCUT2D eigenvalue weighted by molar-refractivity contribution is 7.92. The molecule has 0 saturated heterocycles. The number of carbonyl (C=O) groups excluding carboxylic acids is 1. The lowest BCUT2D eigenvalue weighted by Gasteiger charge is -2.30. The molecule has 1 aliphatic rings. The number of hydrogen-bond acceptors (Lipinski definition) is 3. The summed E-state index contributed by atoms with van der Waals surface area (Å²) in [5.74, 6) is -0.0593. The number of amides is 1. The van der Waals surface area contributed by atoms with Crippen LogP contribution < -0.4 is 9.62 Å². The van der Waals surface area contributed by atoms with E-state index in [1.165, 1.54) is 4.31 Å². The zero-order valence-corrected chi connectivity index (χ0v) is 18.4. The van der Waals surface area contributed by atoms with E-state index in [-0.39, 0.29) is 10.8 Å². The second-order valence-corrected chi connectivity index (χ2v) is 9.68. The summed E-state index contributed by atoms with van der Waals surface area (Å²) >= 11 is 0. The van der Waals surface area contributed by atoms with Gasteiger partial charge < -0.3 is 5.32 Å². The second kappa shape index (κ2) is 8.94. The van der Waals surface area contributed by atoms with Gasteiger partial charge in [-0.05, 0) is 67.1 Å². The third-order valence-corrected chi connectivity index (χ3v) is 7.47. The maximum absolute atomic E-state index is 13.2. The highest BCUT2D eigenvalue weighted by Crippen LogP contribution is 2.31. The molecule has 1 N–H and O–H groups in total. The van der Waals surface area contributed by atoms with Gasteiger partial charge in [0.1, 0.15) is 0 Å². The molecule has 160 valence electrons. The van der Waals surface area contributed by atoms with Gasteiger partial charge in [0.25, 0.3) is 10.0 Å². The lowest BCUT2D eigenvalue weighted by Crippen LogP contribution is -2.35. The van der Waals surface area contributed by atoms with Gasteiger partial charge in [-0.1, -0.05) is 48.5 Å². The average Bonchev–Trinajstić information content (AvgIpc) is 2.79. The molecule has 0 aromatic heterocycles. The number of aryl methyl sites for hydroxylation is 3. The van der Waals surface area contributed by atoms with Crippen LogP contribution in [0.2, 0.25) is 0 Å². The number of nitrogens with one attached hydrogen (secondary N) is 1. The van der Waals surface area contributed by atoms with E-state index in [1.54, 1.807) is 24.3 Å². The molecule has 0 radical (unpaired) electrons. The fraction of sp³-hybridized carbons (Fsp3) is 0.240. The number of rotatable bonds is 6. The van der Waals surface area contributed by atoms with Gasteiger partial charge >= 0.3 is 0 Å². The van der Waals surface area contributed by atoms with Crippen molar-refractivity contribution in [2.45, 2.75) is 37.5 Å². The first-order chi connectivity index (χ1) is 14.9. The third-order valence-electron chi connectivity index (χ3n) is 5.64. The maximum Gasteiger partial charge on any atom is 0.264 e. The summed E-state index contributed by atoms with van der Waals surface area (Å²) in [6.45, 7) is 2.44. The molecule has 0 saturated carbocycles. The maximum atomic E-state index is 13.2. The number of fused-ring (bicyclic) bond motifs is 1. The summed E-state index contributed by atoms with van der Waals surface area (Å²) in [6, 6.07) is 22.2. The van der Waals surface area contributed by atoms with Crippen LogP contribution in [-0.4, -0.2) is 20.9 Å². The number of sulfonamides is 1. The van der Waals surface area contributed by atoms with Crippen LogP contribution in [0.3, 0.4) is 0 Å². The van der Waals surface area contributed by atoms with Crippen LogP contribution in [0.1, 0.15) is 29.5 Å². The first-order valence-corrected chi connectivity index (χ1v) is 11.9. The van der Waals surface area contributed by atoms with E-state index in [4.69, 9.17) is 0 Å². The highest BCUT2D eigenvalue weighted by atomic mass is 32.2. The van der Waals surface area contributed by atoms with Crippen LogP contribution in [0.4, 0.5) is 11.4 Å². The number of carbonyl (C=O) groups is 1. The molecule has 3 aromatic carbocycles. The van der Waals surface area contributed by atoms with Crippen LogP contribution >= 0.6 is 0 Å². The van der Waals surface area contributed by atoms with Gasteiger partial charge in [0.15, 0.2) is 0 Å². The minimum absolute atomic E-state index is 0.0593. The SMILES string of the molecule is Cc1ccccc1NC(=O)CCc1ccc(S(=O)(=O)N2CCCc3ccccc32)cc1. The monoisotopic (exact) mass is 434 g/mol. The lowest BCUT2D eigenvalue weighted by atomic mass is 10.0. The number of hydrogen-bond donors (Lipinski definition) is 1. The van der Waals surface area contributed by atoms with Gasteiger partial charge in [-0.15, -0.1) is 0 Å². The van der Waals surface area contributed by atoms with Crippen LogP contribution in [0.5, 0.6) is 0 Å². The molecule has 1 heterocycles. The quantitative estimate of drug-likeness (QED) is 0.611. The Morgan fingerprint density at radius 2 is 1.68 bits per heavy atom. The minimum Gasteiger partial charge on any atom is -0.326 e. The number of nitrogens with zero attached hydrogens (tertiary/aromatic N) is 1. The standard InChI is InChI=1S/C25H26N2O3S/c1-19-7-2-4-10-23(19)26-25(28)17-14-20-12-15-22(16-13-20)31(29,30)27-18-6-9-21-8-3-5-11-24(21)27/h2-5,7-8,10-13,15-16H,6,9,14,17-18H2,1H3,(H,26,28). The van der Waals surface area contributed by atoms with Crippen molar-refractivity contribution in [2.24, 2.45) is 0 Å². The molecule has 0 fully saturated rings. The summed E-state index contributed by atoms with van der Waals surface area (Å²) in [5.41, 5.74) is 4.60. The third kappa shape index (κ3) is 4.64. The molecule has 3 aromatic rings. The van der Waals surface area contributed by atoms with Crippen molar-refractivity contribution in [1.82, 2.24) is 0 Å². The molecule has 0 unspecified atom stereocenters. The van der Waals surface area contributed by atoms with E-state index in [9.17, 15) is 13.2 Å². The second-order valence-electron chi connectivity index (χ2n) is 7.82. The number of benzene rings is 3. The van der Waals surface area contributed by atoms with E-state index < -0.39 is 10.0 Å². The predicted molar refractivity (Wildman–Crippen MR) is 124 cm³/mol. The Bertz CT molecular complexity index is 1190. The summed E-state index contributed by atoms with van der Waals surface area (Å²) in [4.78, 5) is 12.5. The molecule has 6 heteroatoms. The lowest BCUT2D eigenvalue weighted by molar-refractivity contribution is -0.116. The zero-order valence-electron chi connectivity index (χ0n) is 17.5. The first kappa shape index (κ1) is 21.1. The largest absolute Gasteiger partial charge is 0.326 e. The van der Waals surface area contributed by atoms with E-state index in [2.05, 4.69) is 5.32 Å². The van der Waals surface area contributed by atoms with Crippen molar-refractivity contribution < 1.29 is 13.2 Å². The highest BCUT2D eigenvalue weighted by Gasteiger charge is 2.28. The summed E-state index contributed by atoms with van der Waals surface area (Å²) < 4.78 is 28.0. The topological polar surface area (TPSA) is 66.5 Å². The average molecular weight is 435 g/mol. The van der Waals surface area contributed by atoms with E-state index in [1.807, 2.05) is 55.5 Å². The van der Waals surface area contributed by atoms with Gasteiger partial charge in [0, 0.05) is 18.7 Å². The Hall–Kier alpha value is -3.12. The van der Waals surface area contributed by atoms with E-state index in [0.717, 1.165) is 40.9 Å². The Kier molecular flexibility index (Phi) is 6.09. The molecule has 0 atom stereocenters. The molecule has 0 aliphatic carbocycles. The van der Waals surface area contributed by atoms with Crippen LogP contribution in [0.15, 0.2) is 77.7 Å². The zero-order chi connectivity index (χ0) is 21.8. The molecule has 5 nitrogen and oxygen atoms in total. The van der Waals surface area contributed by atoms with Gasteiger partial charge in [-0.2, -0.15) is 0 Å². The molecular formula is C25H26N2O3S. The smallest absolute Gasteiger partial charge is 0.264 e. The Balaban J connectivity index is 1.42. The van der Waals surface area contributed by atoms with Crippen molar-refractivity contribution in [3.05, 3.63) is 89.5 Å². The van der Waals surface area contributed by atoms with Gasteiger partial charge in [0.2, 0.25) is 5.91 Å². The summed E-state index contributed by atoms with van der Waals surface area (Å²) in [5, 5.41) is 2.93. The van der Waals surface area contributed by atoms with Crippen LogP contribution in [-0.2, 0) is 27.7 Å². The predicted octanol–water partition coefficient (Wildman–Crippen LogP) is 4.71. The van der Waals surface area contributed by atoms with Crippen molar-refractivity contribution >= 4 is 27.3 Å².